The summed E-state index contributed by atoms with van der Waals surface area (Å²) in [7, 11) is 0. The average molecular weight is 347 g/mol. The summed E-state index contributed by atoms with van der Waals surface area (Å²) in [6.45, 7) is 1.76. The molecule has 0 aliphatic rings. The highest BCUT2D eigenvalue weighted by molar-refractivity contribution is 9.10. The lowest BCUT2D eigenvalue weighted by molar-refractivity contribution is -0.137. The molecule has 0 spiro atoms. The molecule has 0 saturated heterocycles. The number of nitrogens with zero attached hydrogens (tertiary/aromatic N) is 3. The summed E-state index contributed by atoms with van der Waals surface area (Å²) in [6.07, 6.45) is -1.35. The fourth-order valence-electron chi connectivity index (χ4n) is 1.53. The minimum atomic E-state index is -4.37. The molecular formula is C12H10BrF3N4. The SMILES string of the molecule is Cc1cn(N=Cc2ccc(C(F)(F)F)cc2Br)c(N)n1. The largest absolute Gasteiger partial charge is 0.416 e. The van der Waals surface area contributed by atoms with Crippen LogP contribution < -0.4 is 5.73 Å². The molecule has 0 radical (unpaired) electrons. The van der Waals surface area contributed by atoms with E-state index >= 15 is 0 Å². The third-order valence-corrected chi connectivity index (χ3v) is 3.17. The minimum absolute atomic E-state index is 0.210. The van der Waals surface area contributed by atoms with Crippen LogP contribution >= 0.6 is 15.9 Å². The number of anilines is 1. The Balaban J connectivity index is 2.29. The number of nitrogens with two attached hydrogens (primary N) is 1. The Hall–Kier alpha value is -1.83. The molecule has 2 rings (SSSR count). The Kier molecular flexibility index (Phi) is 3.85. The van der Waals surface area contributed by atoms with Crippen LogP contribution in [0.2, 0.25) is 0 Å². The molecule has 0 saturated carbocycles. The number of aryl methyl sites for hydroxylation is 1. The molecule has 0 bridgehead atoms. The molecule has 4 nitrogen and oxygen atoms in total. The molecule has 1 aromatic heterocycles. The molecule has 20 heavy (non-hydrogen) atoms. The first-order valence-electron chi connectivity index (χ1n) is 5.50. The molecule has 1 aromatic carbocycles. The molecule has 2 N–H and O–H groups in total. The van der Waals surface area contributed by atoms with Crippen LogP contribution in [0.5, 0.6) is 0 Å². The monoisotopic (exact) mass is 346 g/mol. The summed E-state index contributed by atoms with van der Waals surface area (Å²) >= 11 is 3.09. The van der Waals surface area contributed by atoms with Gasteiger partial charge in [0.05, 0.1) is 23.7 Å². The number of alkyl halides is 3. The van der Waals surface area contributed by atoms with E-state index in [-0.39, 0.29) is 5.95 Å². The summed E-state index contributed by atoms with van der Waals surface area (Å²) < 4.78 is 39.2. The number of hydrogen-bond donors (Lipinski definition) is 1. The van der Waals surface area contributed by atoms with Crippen molar-refractivity contribution in [3.8, 4) is 0 Å². The second kappa shape index (κ2) is 5.28. The molecule has 0 amide bonds. The van der Waals surface area contributed by atoms with Crippen LogP contribution in [0.1, 0.15) is 16.8 Å². The zero-order chi connectivity index (χ0) is 14.9. The predicted molar refractivity (Wildman–Crippen MR) is 73.5 cm³/mol. The number of halogens is 4. The van der Waals surface area contributed by atoms with E-state index in [1.54, 1.807) is 13.1 Å². The van der Waals surface area contributed by atoms with E-state index in [2.05, 4.69) is 26.0 Å². The van der Waals surface area contributed by atoms with Gasteiger partial charge in [-0.05, 0) is 19.1 Å². The number of rotatable bonds is 2. The van der Waals surface area contributed by atoms with E-state index in [4.69, 9.17) is 5.73 Å². The fourth-order valence-corrected chi connectivity index (χ4v) is 2.01. The van der Waals surface area contributed by atoms with Gasteiger partial charge in [-0.25, -0.2) is 9.66 Å². The van der Waals surface area contributed by atoms with Gasteiger partial charge in [0.25, 0.3) is 0 Å². The lowest BCUT2D eigenvalue weighted by atomic mass is 10.1. The van der Waals surface area contributed by atoms with Crippen molar-refractivity contribution >= 4 is 28.1 Å². The van der Waals surface area contributed by atoms with Crippen LogP contribution in [-0.2, 0) is 6.18 Å². The second-order valence-electron chi connectivity index (χ2n) is 4.06. The van der Waals surface area contributed by atoms with Crippen molar-refractivity contribution in [1.82, 2.24) is 9.66 Å². The number of benzene rings is 1. The molecule has 2 aromatic rings. The summed E-state index contributed by atoms with van der Waals surface area (Å²) in [5.41, 5.74) is 6.08. The number of nitrogen functional groups attached to an aromatic ring is 1. The van der Waals surface area contributed by atoms with Crippen LogP contribution in [0.3, 0.4) is 0 Å². The number of imidazole rings is 1. The highest BCUT2D eigenvalue weighted by Crippen LogP contribution is 2.31. The van der Waals surface area contributed by atoms with Crippen LogP contribution in [0.15, 0.2) is 34.0 Å². The maximum Gasteiger partial charge on any atom is 0.416 e. The first kappa shape index (κ1) is 14.6. The van der Waals surface area contributed by atoms with Crippen molar-refractivity contribution in [2.75, 3.05) is 5.73 Å². The lowest BCUT2D eigenvalue weighted by Gasteiger charge is -2.07. The Bertz CT molecular complexity index is 661. The van der Waals surface area contributed by atoms with E-state index < -0.39 is 11.7 Å². The van der Waals surface area contributed by atoms with Crippen molar-refractivity contribution in [2.24, 2.45) is 5.10 Å². The Morgan fingerprint density at radius 2 is 2.10 bits per heavy atom. The summed E-state index contributed by atoms with van der Waals surface area (Å²) in [6, 6.07) is 3.33. The molecule has 0 aliphatic heterocycles. The van der Waals surface area contributed by atoms with Crippen molar-refractivity contribution in [3.63, 3.8) is 0 Å². The maximum atomic E-state index is 12.5. The molecule has 106 valence electrons. The van der Waals surface area contributed by atoms with Gasteiger partial charge in [-0.1, -0.05) is 22.0 Å². The van der Waals surface area contributed by atoms with Gasteiger partial charge in [0.2, 0.25) is 5.95 Å². The van der Waals surface area contributed by atoms with Gasteiger partial charge < -0.3 is 5.73 Å². The number of hydrogen-bond acceptors (Lipinski definition) is 3. The quantitative estimate of drug-likeness (QED) is 0.847. The standard InChI is InChI=1S/C12H10BrF3N4/c1-7-6-20(11(17)19-7)18-5-8-2-3-9(4-10(8)13)12(14,15)16/h2-6H,1H3,(H2,17,19). The highest BCUT2D eigenvalue weighted by atomic mass is 79.9. The third-order valence-electron chi connectivity index (χ3n) is 2.48. The van der Waals surface area contributed by atoms with Crippen LogP contribution in [0.4, 0.5) is 19.1 Å². The molecule has 0 aliphatic carbocycles. The van der Waals surface area contributed by atoms with E-state index in [1.165, 1.54) is 17.0 Å². The Labute approximate surface area is 121 Å². The topological polar surface area (TPSA) is 56.2 Å². The van der Waals surface area contributed by atoms with Crippen molar-refractivity contribution < 1.29 is 13.2 Å². The zero-order valence-electron chi connectivity index (χ0n) is 10.3. The zero-order valence-corrected chi connectivity index (χ0v) is 11.9. The first-order valence-corrected chi connectivity index (χ1v) is 6.29. The Morgan fingerprint density at radius 3 is 2.60 bits per heavy atom. The fraction of sp³-hybridized carbons (Fsp3) is 0.167. The molecular weight excluding hydrogens is 337 g/mol. The van der Waals surface area contributed by atoms with Crippen LogP contribution in [0, 0.1) is 6.92 Å². The van der Waals surface area contributed by atoms with E-state index in [9.17, 15) is 13.2 Å². The molecule has 8 heteroatoms. The lowest BCUT2D eigenvalue weighted by Crippen LogP contribution is -2.05. The smallest absolute Gasteiger partial charge is 0.368 e. The summed E-state index contributed by atoms with van der Waals surface area (Å²) in [5.74, 6) is 0.210. The molecule has 0 atom stereocenters. The third kappa shape index (κ3) is 3.19. The molecule has 1 heterocycles. The average Bonchev–Trinajstić information content (AvgIpc) is 2.65. The van der Waals surface area contributed by atoms with E-state index in [1.807, 2.05) is 0 Å². The van der Waals surface area contributed by atoms with Gasteiger partial charge >= 0.3 is 6.18 Å². The minimum Gasteiger partial charge on any atom is -0.368 e. The van der Waals surface area contributed by atoms with Crippen molar-refractivity contribution in [1.29, 1.82) is 0 Å². The maximum absolute atomic E-state index is 12.5. The summed E-state index contributed by atoms with van der Waals surface area (Å²) in [5, 5.41) is 4.04. The Morgan fingerprint density at radius 1 is 1.40 bits per heavy atom. The van der Waals surface area contributed by atoms with Gasteiger partial charge in [0.15, 0.2) is 0 Å². The number of aromatic nitrogens is 2. The molecule has 0 fully saturated rings. The van der Waals surface area contributed by atoms with Gasteiger partial charge in [-0.2, -0.15) is 18.3 Å². The second-order valence-corrected chi connectivity index (χ2v) is 4.92. The van der Waals surface area contributed by atoms with Crippen molar-refractivity contribution in [2.45, 2.75) is 13.1 Å². The first-order chi connectivity index (χ1) is 9.27. The highest BCUT2D eigenvalue weighted by Gasteiger charge is 2.30. The van der Waals surface area contributed by atoms with E-state index in [0.717, 1.165) is 12.1 Å². The van der Waals surface area contributed by atoms with Gasteiger partial charge in [0.1, 0.15) is 0 Å². The van der Waals surface area contributed by atoms with Gasteiger partial charge in [-0.15, -0.1) is 0 Å². The normalized spacial score (nSPS) is 12.2. The van der Waals surface area contributed by atoms with Crippen LogP contribution in [-0.4, -0.2) is 15.9 Å². The van der Waals surface area contributed by atoms with Gasteiger partial charge in [-0.3, -0.25) is 0 Å². The van der Waals surface area contributed by atoms with Gasteiger partial charge in [0, 0.05) is 10.0 Å². The summed E-state index contributed by atoms with van der Waals surface area (Å²) in [4.78, 5) is 3.96. The van der Waals surface area contributed by atoms with E-state index in [0.29, 0.717) is 15.7 Å². The molecule has 0 unspecified atom stereocenters. The van der Waals surface area contributed by atoms with Crippen LogP contribution in [0.25, 0.3) is 0 Å². The van der Waals surface area contributed by atoms with Crippen molar-refractivity contribution in [3.05, 3.63) is 45.7 Å². The predicted octanol–water partition coefficient (Wildman–Crippen LogP) is 3.44.